The Morgan fingerprint density at radius 1 is 0.867 bits per heavy atom. The largest absolute Gasteiger partial charge is 0.469 e. The third-order valence-corrected chi connectivity index (χ3v) is 4.25. The lowest BCUT2D eigenvalue weighted by Gasteiger charge is -2.26. The van der Waals surface area contributed by atoms with Crippen LogP contribution in [-0.2, 0) is 44.6 Å². The van der Waals surface area contributed by atoms with E-state index in [1.165, 1.54) is 6.92 Å². The first-order valence-electron chi connectivity index (χ1n) is 9.07. The fourth-order valence-corrected chi connectivity index (χ4v) is 2.76. The Hall–Kier alpha value is -3.43. The van der Waals surface area contributed by atoms with E-state index >= 15 is 0 Å². The topological polar surface area (TPSA) is 137 Å². The van der Waals surface area contributed by atoms with E-state index in [9.17, 15) is 24.0 Å². The number of benzene rings is 1. The molecule has 0 aliphatic heterocycles. The molecule has 0 heterocycles. The van der Waals surface area contributed by atoms with Crippen molar-refractivity contribution in [1.29, 1.82) is 0 Å². The molecule has 2 amide bonds. The van der Waals surface area contributed by atoms with Crippen LogP contribution in [-0.4, -0.2) is 63.1 Å². The molecule has 0 fully saturated rings. The molecule has 0 aromatic heterocycles. The molecular formula is C20H26N2O8. The van der Waals surface area contributed by atoms with Crippen LogP contribution in [0.25, 0.3) is 0 Å². The summed E-state index contributed by atoms with van der Waals surface area (Å²) in [6, 6.07) is 6.34. The molecule has 1 rings (SSSR count). The number of rotatable bonds is 10. The fourth-order valence-electron chi connectivity index (χ4n) is 2.76. The van der Waals surface area contributed by atoms with E-state index in [2.05, 4.69) is 24.8 Å². The summed E-state index contributed by atoms with van der Waals surface area (Å²) in [5, 5.41) is 4.92. The highest BCUT2D eigenvalue weighted by Crippen LogP contribution is 2.15. The first-order chi connectivity index (χ1) is 14.2. The number of hydrogen-bond acceptors (Lipinski definition) is 8. The molecule has 10 nitrogen and oxygen atoms in total. The van der Waals surface area contributed by atoms with Gasteiger partial charge in [-0.3, -0.25) is 19.2 Å². The number of esters is 3. The maximum atomic E-state index is 12.9. The maximum absolute atomic E-state index is 12.9. The van der Waals surface area contributed by atoms with Crippen LogP contribution in [0.1, 0.15) is 18.9 Å². The van der Waals surface area contributed by atoms with Crippen molar-refractivity contribution in [3.63, 3.8) is 0 Å². The van der Waals surface area contributed by atoms with Crippen LogP contribution < -0.4 is 10.6 Å². The van der Waals surface area contributed by atoms with Gasteiger partial charge in [-0.25, -0.2) is 4.79 Å². The first-order valence-corrected chi connectivity index (χ1v) is 9.07. The zero-order valence-corrected chi connectivity index (χ0v) is 17.3. The van der Waals surface area contributed by atoms with Crippen molar-refractivity contribution < 1.29 is 38.2 Å². The van der Waals surface area contributed by atoms with Gasteiger partial charge in [0.05, 0.1) is 33.7 Å². The molecule has 1 aromatic rings. The molecule has 0 radical (unpaired) electrons. The van der Waals surface area contributed by atoms with E-state index in [0.29, 0.717) is 0 Å². The monoisotopic (exact) mass is 422 g/mol. The van der Waals surface area contributed by atoms with E-state index in [1.54, 1.807) is 30.3 Å². The van der Waals surface area contributed by atoms with Gasteiger partial charge >= 0.3 is 17.9 Å². The Balaban J connectivity index is 3.15. The third-order valence-electron chi connectivity index (χ3n) is 4.25. The normalized spacial score (nSPS) is 13.2. The van der Waals surface area contributed by atoms with E-state index in [1.807, 2.05) is 0 Å². The fraction of sp³-hybridized carbons (Fsp3) is 0.450. The number of ether oxygens (including phenoxy) is 3. The average Bonchev–Trinajstić information content (AvgIpc) is 2.74. The van der Waals surface area contributed by atoms with Crippen molar-refractivity contribution >= 4 is 29.7 Å². The third kappa shape index (κ3) is 7.53. The number of methoxy groups -OCH3 is 3. The average molecular weight is 422 g/mol. The number of amides is 2. The van der Waals surface area contributed by atoms with Crippen LogP contribution >= 0.6 is 0 Å². The SMILES string of the molecule is COC(=O)C[C@H](C(=O)OC)[C@@H](NC(=O)[C@H](Cc1ccccc1)NC(C)=O)C(=O)OC. The van der Waals surface area contributed by atoms with Crippen LogP contribution in [0.4, 0.5) is 0 Å². The molecule has 164 valence electrons. The number of nitrogens with one attached hydrogen (secondary N) is 2. The lowest BCUT2D eigenvalue weighted by molar-refractivity contribution is -0.159. The summed E-state index contributed by atoms with van der Waals surface area (Å²) in [7, 11) is 3.27. The van der Waals surface area contributed by atoms with Crippen molar-refractivity contribution in [2.45, 2.75) is 31.8 Å². The summed E-state index contributed by atoms with van der Waals surface area (Å²) < 4.78 is 13.9. The van der Waals surface area contributed by atoms with E-state index in [-0.39, 0.29) is 6.42 Å². The molecule has 0 unspecified atom stereocenters. The molecule has 0 saturated carbocycles. The minimum atomic E-state index is -1.53. The summed E-state index contributed by atoms with van der Waals surface area (Å²) in [6.45, 7) is 1.25. The van der Waals surface area contributed by atoms with Gasteiger partial charge in [-0.2, -0.15) is 0 Å². The highest BCUT2D eigenvalue weighted by molar-refractivity contribution is 5.94. The summed E-state index contributed by atoms with van der Waals surface area (Å²) in [5.74, 6) is -5.22. The molecule has 3 atom stereocenters. The Morgan fingerprint density at radius 2 is 1.47 bits per heavy atom. The van der Waals surface area contributed by atoms with E-state index in [4.69, 9.17) is 0 Å². The van der Waals surface area contributed by atoms with Gasteiger partial charge in [0.1, 0.15) is 12.1 Å². The molecule has 2 N–H and O–H groups in total. The summed E-state index contributed by atoms with van der Waals surface area (Å²) in [4.78, 5) is 60.7. The van der Waals surface area contributed by atoms with Gasteiger partial charge in [0.15, 0.2) is 0 Å². The maximum Gasteiger partial charge on any atom is 0.329 e. The number of hydrogen-bond donors (Lipinski definition) is 2. The van der Waals surface area contributed by atoms with Crippen LogP contribution in [0.2, 0.25) is 0 Å². The molecule has 0 spiro atoms. The minimum absolute atomic E-state index is 0.139. The summed E-state index contributed by atoms with van der Waals surface area (Å²) in [5.41, 5.74) is 0.764. The van der Waals surface area contributed by atoms with Gasteiger partial charge < -0.3 is 24.8 Å². The Labute approximate surface area is 174 Å². The minimum Gasteiger partial charge on any atom is -0.469 e. The molecule has 0 bridgehead atoms. The van der Waals surface area contributed by atoms with Crippen molar-refractivity contribution in [2.24, 2.45) is 5.92 Å². The summed E-state index contributed by atoms with van der Waals surface area (Å²) in [6.07, 6.45) is -0.382. The lowest BCUT2D eigenvalue weighted by atomic mass is 9.95. The quantitative estimate of drug-likeness (QED) is 0.389. The molecular weight excluding hydrogens is 396 g/mol. The van der Waals surface area contributed by atoms with Crippen LogP contribution in [0, 0.1) is 5.92 Å². The lowest BCUT2D eigenvalue weighted by Crippen LogP contribution is -2.56. The number of carbonyl (C=O) groups excluding carboxylic acids is 5. The molecule has 0 aliphatic carbocycles. The summed E-state index contributed by atoms with van der Waals surface area (Å²) >= 11 is 0. The van der Waals surface area contributed by atoms with Gasteiger partial charge in [-0.1, -0.05) is 30.3 Å². The van der Waals surface area contributed by atoms with Crippen LogP contribution in [0.3, 0.4) is 0 Å². The molecule has 30 heavy (non-hydrogen) atoms. The molecule has 1 aromatic carbocycles. The van der Waals surface area contributed by atoms with Crippen molar-refractivity contribution in [3.05, 3.63) is 35.9 Å². The highest BCUT2D eigenvalue weighted by atomic mass is 16.5. The van der Waals surface area contributed by atoms with Gasteiger partial charge in [0, 0.05) is 13.3 Å². The van der Waals surface area contributed by atoms with Gasteiger partial charge in [-0.05, 0) is 5.56 Å². The number of carbonyl (C=O) groups is 5. The second kappa shape index (κ2) is 12.2. The van der Waals surface area contributed by atoms with Gasteiger partial charge in [0.25, 0.3) is 0 Å². The second-order valence-corrected chi connectivity index (χ2v) is 6.36. The zero-order valence-electron chi connectivity index (χ0n) is 17.3. The predicted octanol–water partition coefficient (Wildman–Crippen LogP) is -0.256. The van der Waals surface area contributed by atoms with Crippen molar-refractivity contribution in [2.75, 3.05) is 21.3 Å². The Morgan fingerprint density at radius 3 is 1.97 bits per heavy atom. The van der Waals surface area contributed by atoms with Crippen LogP contribution in [0.15, 0.2) is 30.3 Å². The molecule has 0 aliphatic rings. The highest BCUT2D eigenvalue weighted by Gasteiger charge is 2.39. The second-order valence-electron chi connectivity index (χ2n) is 6.36. The van der Waals surface area contributed by atoms with Crippen LogP contribution in [0.5, 0.6) is 0 Å². The zero-order chi connectivity index (χ0) is 22.7. The molecule has 0 saturated heterocycles. The predicted molar refractivity (Wildman–Crippen MR) is 104 cm³/mol. The van der Waals surface area contributed by atoms with E-state index < -0.39 is 54.1 Å². The van der Waals surface area contributed by atoms with Gasteiger partial charge in [-0.15, -0.1) is 0 Å². The van der Waals surface area contributed by atoms with Gasteiger partial charge in [0.2, 0.25) is 11.8 Å². The Kier molecular flexibility index (Phi) is 10.0. The first kappa shape index (κ1) is 24.6. The standard InChI is InChI=1S/C20H26N2O8/c1-12(23)21-15(10-13-8-6-5-7-9-13)18(25)22-17(20(27)30-4)14(19(26)29-3)11-16(24)28-2/h5-9,14-15,17H,10-11H2,1-4H3,(H,21,23)(H,22,25)/t14-,15-,17+/m0/s1. The smallest absolute Gasteiger partial charge is 0.329 e. The van der Waals surface area contributed by atoms with E-state index in [0.717, 1.165) is 26.9 Å². The molecule has 10 heteroatoms. The van der Waals surface area contributed by atoms with Crippen molar-refractivity contribution in [1.82, 2.24) is 10.6 Å². The Bertz CT molecular complexity index is 765. The van der Waals surface area contributed by atoms with Crippen molar-refractivity contribution in [3.8, 4) is 0 Å².